The van der Waals surface area contributed by atoms with Gasteiger partial charge in [-0.25, -0.2) is 13.2 Å². The van der Waals surface area contributed by atoms with Crippen molar-refractivity contribution in [3.63, 3.8) is 0 Å². The maximum atomic E-state index is 13.0. The molecule has 6 nitrogen and oxygen atoms in total. The van der Waals surface area contributed by atoms with Crippen LogP contribution in [0.1, 0.15) is 16.8 Å². The Labute approximate surface area is 186 Å². The van der Waals surface area contributed by atoms with Gasteiger partial charge in [0.25, 0.3) is 0 Å². The minimum Gasteiger partial charge on any atom is -0.264 e. The van der Waals surface area contributed by atoms with Crippen LogP contribution in [0.15, 0.2) is 53.3 Å². The van der Waals surface area contributed by atoms with Crippen molar-refractivity contribution in [2.45, 2.75) is 19.1 Å². The lowest BCUT2D eigenvalue weighted by Gasteiger charge is -2.30. The summed E-state index contributed by atoms with van der Waals surface area (Å²) in [6.07, 6.45) is -3.20. The normalized spacial score (nSPS) is 14.9. The zero-order valence-electron chi connectivity index (χ0n) is 16.7. The summed E-state index contributed by atoms with van der Waals surface area (Å²) in [5.41, 5.74) is 0.459. The molecule has 0 aliphatic carbocycles. The minimum absolute atomic E-state index is 0.0572. The highest BCUT2D eigenvalue weighted by Crippen LogP contribution is 2.33. The van der Waals surface area contributed by atoms with E-state index in [2.05, 4.69) is 4.98 Å². The third kappa shape index (κ3) is 4.30. The Morgan fingerprint density at radius 3 is 2.38 bits per heavy atom. The van der Waals surface area contributed by atoms with Crippen molar-refractivity contribution in [2.75, 3.05) is 12.8 Å². The number of nitrogens with zero attached hydrogens (tertiary/aromatic N) is 3. The molecule has 32 heavy (non-hydrogen) atoms. The molecule has 1 aliphatic heterocycles. The van der Waals surface area contributed by atoms with Crippen LogP contribution in [0.4, 0.5) is 13.2 Å². The summed E-state index contributed by atoms with van der Waals surface area (Å²) in [4.78, 5) is 17.1. The summed E-state index contributed by atoms with van der Waals surface area (Å²) in [6.45, 7) is 0.0979. The van der Waals surface area contributed by atoms with E-state index in [1.165, 1.54) is 21.0 Å². The van der Waals surface area contributed by atoms with E-state index in [1.54, 1.807) is 24.3 Å². The predicted octanol–water partition coefficient (Wildman–Crippen LogP) is 3.89. The van der Waals surface area contributed by atoms with Gasteiger partial charge in [0, 0.05) is 41.4 Å². The SMILES string of the molecule is CS(=O)(=O)N1CCc2c(c(-c3ccc(C(F)(F)F)cc3)nc(=O)n2-c2cccc(Cl)c2)C1. The molecule has 0 bridgehead atoms. The predicted molar refractivity (Wildman–Crippen MR) is 114 cm³/mol. The number of fused-ring (bicyclic) bond motifs is 1. The van der Waals surface area contributed by atoms with Crippen LogP contribution in [0.5, 0.6) is 0 Å². The van der Waals surface area contributed by atoms with Crippen molar-refractivity contribution in [3.8, 4) is 16.9 Å². The number of halogens is 4. The minimum atomic E-state index is -4.51. The average molecular weight is 484 g/mol. The maximum Gasteiger partial charge on any atom is 0.416 e. The van der Waals surface area contributed by atoms with Gasteiger partial charge in [-0.15, -0.1) is 0 Å². The molecule has 0 amide bonds. The van der Waals surface area contributed by atoms with Crippen molar-refractivity contribution in [1.29, 1.82) is 0 Å². The topological polar surface area (TPSA) is 72.3 Å². The van der Waals surface area contributed by atoms with Gasteiger partial charge in [-0.2, -0.15) is 22.5 Å². The van der Waals surface area contributed by atoms with E-state index in [0.717, 1.165) is 18.4 Å². The van der Waals surface area contributed by atoms with Crippen molar-refractivity contribution < 1.29 is 21.6 Å². The number of rotatable bonds is 3. The molecule has 2 heterocycles. The van der Waals surface area contributed by atoms with Crippen LogP contribution in [0.3, 0.4) is 0 Å². The van der Waals surface area contributed by atoms with E-state index in [4.69, 9.17) is 11.6 Å². The highest BCUT2D eigenvalue weighted by Gasteiger charge is 2.32. The smallest absolute Gasteiger partial charge is 0.264 e. The Hall–Kier alpha value is -2.69. The molecule has 3 aromatic rings. The standard InChI is InChI=1S/C21H17ClF3N3O3S/c1-32(30,31)27-10-9-18-17(12-27)19(13-5-7-14(8-6-13)21(23,24)25)26-20(29)28(18)16-4-2-3-15(22)11-16/h2-8,11H,9-10,12H2,1H3. The molecule has 0 N–H and O–H groups in total. The molecule has 2 aromatic carbocycles. The van der Waals surface area contributed by atoms with Gasteiger partial charge >= 0.3 is 11.9 Å². The number of hydrogen-bond donors (Lipinski definition) is 0. The van der Waals surface area contributed by atoms with E-state index in [0.29, 0.717) is 27.5 Å². The molecule has 0 atom stereocenters. The third-order valence-electron chi connectivity index (χ3n) is 5.26. The molecule has 0 unspecified atom stereocenters. The van der Waals surface area contributed by atoms with E-state index >= 15 is 0 Å². The van der Waals surface area contributed by atoms with Crippen LogP contribution in [0, 0.1) is 0 Å². The third-order valence-corrected chi connectivity index (χ3v) is 6.74. The Morgan fingerprint density at radius 2 is 1.78 bits per heavy atom. The van der Waals surface area contributed by atoms with Gasteiger partial charge in [-0.1, -0.05) is 29.8 Å². The van der Waals surface area contributed by atoms with Crippen molar-refractivity contribution >= 4 is 21.6 Å². The van der Waals surface area contributed by atoms with Gasteiger partial charge in [0.1, 0.15) is 0 Å². The number of benzene rings is 2. The van der Waals surface area contributed by atoms with Gasteiger partial charge in [-0.05, 0) is 30.3 Å². The average Bonchev–Trinajstić information content (AvgIpc) is 2.71. The second-order valence-electron chi connectivity index (χ2n) is 7.41. The van der Waals surface area contributed by atoms with Crippen molar-refractivity contribution in [3.05, 3.63) is 80.9 Å². The first-order chi connectivity index (χ1) is 14.9. The van der Waals surface area contributed by atoms with Gasteiger partial charge in [0.05, 0.1) is 23.2 Å². The van der Waals surface area contributed by atoms with E-state index in [1.807, 2.05) is 0 Å². The van der Waals surface area contributed by atoms with Gasteiger partial charge in [-0.3, -0.25) is 4.57 Å². The molecule has 0 spiro atoms. The molecule has 1 aliphatic rings. The first-order valence-corrected chi connectivity index (χ1v) is 11.7. The zero-order chi connectivity index (χ0) is 23.3. The highest BCUT2D eigenvalue weighted by atomic mass is 35.5. The Morgan fingerprint density at radius 1 is 1.09 bits per heavy atom. The molecule has 0 fully saturated rings. The van der Waals surface area contributed by atoms with E-state index in [-0.39, 0.29) is 25.2 Å². The molecule has 0 saturated carbocycles. The second kappa shape index (κ2) is 8.02. The molecule has 0 saturated heterocycles. The monoisotopic (exact) mass is 483 g/mol. The van der Waals surface area contributed by atoms with Crippen LogP contribution < -0.4 is 5.69 Å². The lowest BCUT2D eigenvalue weighted by Crippen LogP contribution is -2.39. The number of sulfonamides is 1. The molecule has 11 heteroatoms. The quantitative estimate of drug-likeness (QED) is 0.566. The summed E-state index contributed by atoms with van der Waals surface area (Å²) < 4.78 is 65.8. The zero-order valence-corrected chi connectivity index (χ0v) is 18.3. The number of hydrogen-bond acceptors (Lipinski definition) is 4. The summed E-state index contributed by atoms with van der Waals surface area (Å²) in [5, 5.41) is 0.406. The van der Waals surface area contributed by atoms with Gasteiger partial charge < -0.3 is 0 Å². The summed E-state index contributed by atoms with van der Waals surface area (Å²) >= 11 is 6.08. The van der Waals surface area contributed by atoms with Crippen LogP contribution in [-0.2, 0) is 29.2 Å². The molecule has 168 valence electrons. The highest BCUT2D eigenvalue weighted by molar-refractivity contribution is 7.88. The number of alkyl halides is 3. The van der Waals surface area contributed by atoms with Crippen molar-refractivity contribution in [1.82, 2.24) is 13.9 Å². The fourth-order valence-corrected chi connectivity index (χ4v) is 4.71. The van der Waals surface area contributed by atoms with Gasteiger partial charge in [0.2, 0.25) is 10.0 Å². The molecular formula is C21H17ClF3N3O3S. The van der Waals surface area contributed by atoms with Crippen LogP contribution in [0.2, 0.25) is 5.02 Å². The fraction of sp³-hybridized carbons (Fsp3) is 0.238. The molecular weight excluding hydrogens is 467 g/mol. The summed E-state index contributed by atoms with van der Waals surface area (Å²) in [5.74, 6) is 0. The lowest BCUT2D eigenvalue weighted by molar-refractivity contribution is -0.137. The summed E-state index contributed by atoms with van der Waals surface area (Å²) in [7, 11) is -3.54. The first-order valence-electron chi connectivity index (χ1n) is 9.48. The summed E-state index contributed by atoms with van der Waals surface area (Å²) in [6, 6.07) is 10.9. The molecule has 1 aromatic heterocycles. The second-order valence-corrected chi connectivity index (χ2v) is 9.82. The Balaban J connectivity index is 1.94. The fourth-order valence-electron chi connectivity index (χ4n) is 3.74. The largest absolute Gasteiger partial charge is 0.416 e. The van der Waals surface area contributed by atoms with E-state index in [9.17, 15) is 26.4 Å². The lowest BCUT2D eigenvalue weighted by atomic mass is 9.99. The molecule has 0 radical (unpaired) electrons. The Kier molecular flexibility index (Phi) is 5.64. The van der Waals surface area contributed by atoms with E-state index < -0.39 is 27.5 Å². The van der Waals surface area contributed by atoms with Crippen molar-refractivity contribution in [2.24, 2.45) is 0 Å². The van der Waals surface area contributed by atoms with Gasteiger partial charge in [0.15, 0.2) is 0 Å². The number of aromatic nitrogens is 2. The molecule has 4 rings (SSSR count). The first kappa shape index (κ1) is 22.5. The maximum absolute atomic E-state index is 13.0. The Bertz CT molecular complexity index is 1350. The van der Waals surface area contributed by atoms with Crippen LogP contribution >= 0.6 is 11.6 Å². The van der Waals surface area contributed by atoms with Crippen LogP contribution in [-0.4, -0.2) is 35.1 Å². The van der Waals surface area contributed by atoms with Crippen LogP contribution in [0.25, 0.3) is 16.9 Å².